The number of halogens is 2. The minimum absolute atomic E-state index is 0.0321. The molecule has 0 unspecified atom stereocenters. The van der Waals surface area contributed by atoms with Crippen molar-refractivity contribution in [2.45, 2.75) is 4.90 Å². The second kappa shape index (κ2) is 5.45. The van der Waals surface area contributed by atoms with E-state index in [0.717, 1.165) is 12.1 Å². The van der Waals surface area contributed by atoms with Gasteiger partial charge in [-0.1, -0.05) is 11.6 Å². The third-order valence-corrected chi connectivity index (χ3v) is 3.93. The van der Waals surface area contributed by atoms with Crippen molar-refractivity contribution in [3.63, 3.8) is 0 Å². The molecule has 2 aromatic rings. The Labute approximate surface area is 119 Å². The molecule has 0 radical (unpaired) electrons. The molecule has 1 N–H and O–H groups in total. The summed E-state index contributed by atoms with van der Waals surface area (Å²) >= 11 is 5.63. The molecule has 0 bridgehead atoms. The predicted molar refractivity (Wildman–Crippen MR) is 71.2 cm³/mol. The van der Waals surface area contributed by atoms with E-state index in [2.05, 4.69) is 9.71 Å². The molecule has 102 valence electrons. The first-order valence-electron chi connectivity index (χ1n) is 5.26. The first-order chi connectivity index (χ1) is 9.42. The molecule has 1 aromatic heterocycles. The van der Waals surface area contributed by atoms with E-state index in [1.54, 1.807) is 6.07 Å². The van der Waals surface area contributed by atoms with Crippen molar-refractivity contribution >= 4 is 27.3 Å². The highest BCUT2D eigenvalue weighted by atomic mass is 35.5. The van der Waals surface area contributed by atoms with Gasteiger partial charge in [-0.05, 0) is 30.3 Å². The number of hydrogen-bond acceptors (Lipinski definition) is 4. The Balaban J connectivity index is 2.36. The van der Waals surface area contributed by atoms with E-state index in [1.165, 1.54) is 24.4 Å². The van der Waals surface area contributed by atoms with Gasteiger partial charge in [-0.15, -0.1) is 0 Å². The van der Waals surface area contributed by atoms with Crippen molar-refractivity contribution < 1.29 is 12.8 Å². The normalized spacial score (nSPS) is 10.8. The van der Waals surface area contributed by atoms with Crippen molar-refractivity contribution in [1.29, 1.82) is 5.26 Å². The topological polar surface area (TPSA) is 82.9 Å². The van der Waals surface area contributed by atoms with Gasteiger partial charge < -0.3 is 0 Å². The van der Waals surface area contributed by atoms with E-state index in [9.17, 15) is 12.8 Å². The fourth-order valence-electron chi connectivity index (χ4n) is 1.44. The average molecular weight is 312 g/mol. The summed E-state index contributed by atoms with van der Waals surface area (Å²) in [6.07, 6.45) is 1.25. The minimum atomic E-state index is -3.88. The highest BCUT2D eigenvalue weighted by molar-refractivity contribution is 7.92. The molecular formula is C12H7ClFN3O2S. The Hall–Kier alpha value is -2.17. The van der Waals surface area contributed by atoms with Crippen LogP contribution in [-0.2, 0) is 10.0 Å². The number of sulfonamides is 1. The number of benzene rings is 1. The van der Waals surface area contributed by atoms with Crippen LogP contribution in [0.15, 0.2) is 41.4 Å². The molecule has 20 heavy (non-hydrogen) atoms. The molecule has 1 aromatic carbocycles. The van der Waals surface area contributed by atoms with Gasteiger partial charge in [-0.2, -0.15) is 5.26 Å². The summed E-state index contributed by atoms with van der Waals surface area (Å²) in [4.78, 5) is 3.60. The Morgan fingerprint density at radius 2 is 2.05 bits per heavy atom. The van der Waals surface area contributed by atoms with Crippen LogP contribution >= 0.6 is 11.6 Å². The number of nitrogens with one attached hydrogen (secondary N) is 1. The molecule has 1 heterocycles. The number of rotatable bonds is 3. The van der Waals surface area contributed by atoms with Gasteiger partial charge in [-0.25, -0.2) is 17.8 Å². The van der Waals surface area contributed by atoms with Gasteiger partial charge in [-0.3, -0.25) is 4.72 Å². The number of hydrogen-bond donors (Lipinski definition) is 1. The average Bonchev–Trinajstić information content (AvgIpc) is 2.40. The molecule has 0 atom stereocenters. The van der Waals surface area contributed by atoms with Gasteiger partial charge in [0, 0.05) is 6.20 Å². The van der Waals surface area contributed by atoms with Crippen LogP contribution in [0, 0.1) is 17.1 Å². The number of pyridine rings is 1. The summed E-state index contributed by atoms with van der Waals surface area (Å²) in [5.74, 6) is -0.720. The lowest BCUT2D eigenvalue weighted by molar-refractivity contribution is 0.600. The molecule has 0 amide bonds. The molecule has 0 fully saturated rings. The zero-order valence-electron chi connectivity index (χ0n) is 9.84. The molecule has 0 aliphatic rings. The third kappa shape index (κ3) is 3.04. The fraction of sp³-hybridized carbons (Fsp3) is 0. The standard InChI is InChI=1S/C12H7ClFN3O2S/c13-12-6-10(3-4-16-12)20(18,19)17-9-1-2-11(14)8(5-9)7-15/h1-6,17H. The van der Waals surface area contributed by atoms with Crippen molar-refractivity contribution in [2.24, 2.45) is 0 Å². The smallest absolute Gasteiger partial charge is 0.262 e. The molecule has 0 aliphatic carbocycles. The van der Waals surface area contributed by atoms with E-state index < -0.39 is 15.8 Å². The lowest BCUT2D eigenvalue weighted by Gasteiger charge is -2.08. The third-order valence-electron chi connectivity index (χ3n) is 2.35. The van der Waals surface area contributed by atoms with Crippen molar-refractivity contribution in [1.82, 2.24) is 4.98 Å². The maximum Gasteiger partial charge on any atom is 0.262 e. The zero-order valence-corrected chi connectivity index (χ0v) is 11.4. The maximum atomic E-state index is 13.2. The van der Waals surface area contributed by atoms with Crippen molar-refractivity contribution in [3.05, 3.63) is 53.1 Å². The van der Waals surface area contributed by atoms with Crippen LogP contribution < -0.4 is 4.72 Å². The van der Waals surface area contributed by atoms with Crippen LogP contribution in [0.25, 0.3) is 0 Å². The molecule has 8 heteroatoms. The molecule has 2 rings (SSSR count). The zero-order chi connectivity index (χ0) is 14.8. The summed E-state index contributed by atoms with van der Waals surface area (Å²) in [6.45, 7) is 0. The van der Waals surface area contributed by atoms with Gasteiger partial charge >= 0.3 is 0 Å². The van der Waals surface area contributed by atoms with E-state index in [1.807, 2.05) is 0 Å². The fourth-order valence-corrected chi connectivity index (χ4v) is 2.74. The molecule has 0 saturated carbocycles. The largest absolute Gasteiger partial charge is 0.280 e. The molecule has 0 aliphatic heterocycles. The van der Waals surface area contributed by atoms with Crippen LogP contribution in [0.5, 0.6) is 0 Å². The second-order valence-electron chi connectivity index (χ2n) is 3.73. The quantitative estimate of drug-likeness (QED) is 0.883. The van der Waals surface area contributed by atoms with E-state index in [0.29, 0.717) is 0 Å². The van der Waals surface area contributed by atoms with Crippen LogP contribution in [0.4, 0.5) is 10.1 Å². The lowest BCUT2D eigenvalue weighted by Crippen LogP contribution is -2.13. The summed E-state index contributed by atoms with van der Waals surface area (Å²) in [5.41, 5.74) is -0.172. The first kappa shape index (κ1) is 14.2. The first-order valence-corrected chi connectivity index (χ1v) is 7.12. The van der Waals surface area contributed by atoms with Crippen molar-refractivity contribution in [3.8, 4) is 6.07 Å². The Morgan fingerprint density at radius 3 is 2.70 bits per heavy atom. The molecule has 0 saturated heterocycles. The summed E-state index contributed by atoms with van der Waals surface area (Å²) in [6, 6.07) is 7.41. The SMILES string of the molecule is N#Cc1cc(NS(=O)(=O)c2ccnc(Cl)c2)ccc1F. The molecular weight excluding hydrogens is 305 g/mol. The minimum Gasteiger partial charge on any atom is -0.280 e. The predicted octanol–water partition coefficient (Wildman–Crippen LogP) is 2.55. The number of anilines is 1. The van der Waals surface area contributed by atoms with Gasteiger partial charge in [0.2, 0.25) is 0 Å². The van der Waals surface area contributed by atoms with Crippen molar-refractivity contribution in [2.75, 3.05) is 4.72 Å². The second-order valence-corrected chi connectivity index (χ2v) is 5.80. The summed E-state index contributed by atoms with van der Waals surface area (Å²) < 4.78 is 39.5. The summed E-state index contributed by atoms with van der Waals surface area (Å²) in [5, 5.41) is 8.73. The van der Waals surface area contributed by atoms with Gasteiger partial charge in [0.15, 0.2) is 0 Å². The van der Waals surface area contributed by atoms with Gasteiger partial charge in [0.05, 0.1) is 16.1 Å². The van der Waals surface area contributed by atoms with E-state index in [-0.39, 0.29) is 21.3 Å². The molecule has 5 nitrogen and oxygen atoms in total. The lowest BCUT2D eigenvalue weighted by atomic mass is 10.2. The van der Waals surface area contributed by atoms with Crippen LogP contribution in [0.1, 0.15) is 5.56 Å². The summed E-state index contributed by atoms with van der Waals surface area (Å²) in [7, 11) is -3.88. The highest BCUT2D eigenvalue weighted by Crippen LogP contribution is 2.19. The number of nitrogens with zero attached hydrogens (tertiary/aromatic N) is 2. The Kier molecular flexibility index (Phi) is 3.88. The van der Waals surface area contributed by atoms with Crippen LogP contribution in [-0.4, -0.2) is 13.4 Å². The molecule has 0 spiro atoms. The Morgan fingerprint density at radius 1 is 1.30 bits per heavy atom. The van der Waals surface area contributed by atoms with E-state index in [4.69, 9.17) is 16.9 Å². The maximum absolute atomic E-state index is 13.2. The monoisotopic (exact) mass is 311 g/mol. The number of nitriles is 1. The van der Waals surface area contributed by atoms with Gasteiger partial charge in [0.25, 0.3) is 10.0 Å². The van der Waals surface area contributed by atoms with Crippen LogP contribution in [0.2, 0.25) is 5.15 Å². The Bertz CT molecular complexity index is 803. The van der Waals surface area contributed by atoms with E-state index >= 15 is 0 Å². The van der Waals surface area contributed by atoms with Crippen LogP contribution in [0.3, 0.4) is 0 Å². The highest BCUT2D eigenvalue weighted by Gasteiger charge is 2.15. The van der Waals surface area contributed by atoms with Gasteiger partial charge in [0.1, 0.15) is 17.0 Å². The number of aromatic nitrogens is 1.